The van der Waals surface area contributed by atoms with E-state index in [4.69, 9.17) is 10.8 Å². The van der Waals surface area contributed by atoms with E-state index in [1.54, 1.807) is 0 Å². The van der Waals surface area contributed by atoms with E-state index >= 15 is 0 Å². The minimum atomic E-state index is -1.73. The summed E-state index contributed by atoms with van der Waals surface area (Å²) in [5.41, 5.74) is -0.249. The molecule has 0 heterocycles. The molecular weight excluding hydrogens is 292 g/mol. The molecule has 17 heavy (non-hydrogen) atoms. The maximum Gasteiger partial charge on any atom is 0.194 e. The third kappa shape index (κ3) is 4.12. The first-order valence-electron chi connectivity index (χ1n) is 6.40. The van der Waals surface area contributed by atoms with E-state index in [1.807, 2.05) is 0 Å². The second-order valence-corrected chi connectivity index (χ2v) is 11.3. The molecule has 1 aliphatic carbocycles. The van der Waals surface area contributed by atoms with Crippen LogP contribution in [0.5, 0.6) is 0 Å². The molecule has 0 bridgehead atoms. The quantitative estimate of drug-likeness (QED) is 0.518. The highest BCUT2D eigenvalue weighted by Gasteiger charge is 2.44. The van der Waals surface area contributed by atoms with Gasteiger partial charge in [0.25, 0.3) is 0 Å². The van der Waals surface area contributed by atoms with Crippen molar-refractivity contribution in [1.29, 1.82) is 0 Å². The van der Waals surface area contributed by atoms with Crippen LogP contribution in [0.3, 0.4) is 0 Å². The normalized spacial score (nSPS) is 20.2. The van der Waals surface area contributed by atoms with Gasteiger partial charge in [-0.25, -0.2) is 0 Å². The Morgan fingerprint density at radius 2 is 1.59 bits per heavy atom. The lowest BCUT2D eigenvalue weighted by Crippen LogP contribution is -2.50. The van der Waals surface area contributed by atoms with Crippen molar-refractivity contribution in [2.24, 2.45) is 0 Å². The van der Waals surface area contributed by atoms with Crippen molar-refractivity contribution in [3.05, 3.63) is 0 Å². The topological polar surface area (TPSA) is 9.23 Å². The highest BCUT2D eigenvalue weighted by molar-refractivity contribution is 8.93. The zero-order valence-electron chi connectivity index (χ0n) is 11.9. The first-order valence-corrected chi connectivity index (χ1v) is 9.31. The van der Waals surface area contributed by atoms with Gasteiger partial charge in [0.1, 0.15) is 5.60 Å². The summed E-state index contributed by atoms with van der Waals surface area (Å²) in [6.07, 6.45) is 11.6. The van der Waals surface area contributed by atoms with Crippen LogP contribution in [0.15, 0.2) is 0 Å². The number of hydrogen-bond acceptors (Lipinski definition) is 1. The third-order valence-electron chi connectivity index (χ3n) is 4.18. The molecule has 1 aliphatic rings. The molecule has 1 rings (SSSR count). The SMILES string of the molecule is Br.C#CC1(O[Si](C)(C)C(C)(C)C)CCCCC1. The summed E-state index contributed by atoms with van der Waals surface area (Å²) in [7, 11) is -1.73. The summed E-state index contributed by atoms with van der Waals surface area (Å²) >= 11 is 0. The van der Waals surface area contributed by atoms with Crippen LogP contribution in [0, 0.1) is 12.3 Å². The van der Waals surface area contributed by atoms with Crippen LogP contribution in [-0.4, -0.2) is 13.9 Å². The predicted octanol–water partition coefficient (Wildman–Crippen LogP) is 4.92. The molecule has 0 aromatic rings. The number of terminal acetylenes is 1. The number of hydrogen-bond donors (Lipinski definition) is 0. The van der Waals surface area contributed by atoms with Crippen LogP contribution in [-0.2, 0) is 4.43 Å². The molecule has 0 atom stereocenters. The summed E-state index contributed by atoms with van der Waals surface area (Å²) in [6.45, 7) is 11.4. The number of rotatable bonds is 2. The lowest BCUT2D eigenvalue weighted by Gasteiger charge is -2.45. The third-order valence-corrected chi connectivity index (χ3v) is 8.69. The van der Waals surface area contributed by atoms with Crippen LogP contribution < -0.4 is 0 Å². The fourth-order valence-electron chi connectivity index (χ4n) is 2.04. The fourth-order valence-corrected chi connectivity index (χ4v) is 3.59. The Bertz CT molecular complexity index is 280. The first-order chi connectivity index (χ1) is 7.22. The molecule has 0 radical (unpaired) electrons. The minimum Gasteiger partial charge on any atom is -0.401 e. The predicted molar refractivity (Wildman–Crippen MR) is 83.3 cm³/mol. The van der Waals surface area contributed by atoms with Crippen molar-refractivity contribution >= 4 is 25.3 Å². The minimum absolute atomic E-state index is 0. The van der Waals surface area contributed by atoms with Gasteiger partial charge in [-0.05, 0) is 43.8 Å². The lowest BCUT2D eigenvalue weighted by molar-refractivity contribution is 0.0719. The first kappa shape index (κ1) is 17.2. The van der Waals surface area contributed by atoms with Crippen LogP contribution in [0.4, 0.5) is 0 Å². The highest BCUT2D eigenvalue weighted by atomic mass is 79.9. The maximum atomic E-state index is 6.48. The summed E-state index contributed by atoms with van der Waals surface area (Å²) in [4.78, 5) is 0. The van der Waals surface area contributed by atoms with E-state index in [1.165, 1.54) is 19.3 Å². The Kier molecular flexibility index (Phi) is 5.98. The summed E-state index contributed by atoms with van der Waals surface area (Å²) in [5.74, 6) is 2.96. The van der Waals surface area contributed by atoms with E-state index in [-0.39, 0.29) is 27.6 Å². The molecule has 1 fully saturated rings. The van der Waals surface area contributed by atoms with Crippen LogP contribution >= 0.6 is 17.0 Å². The van der Waals surface area contributed by atoms with Crippen molar-refractivity contribution in [3.63, 3.8) is 0 Å². The van der Waals surface area contributed by atoms with E-state index in [0.717, 1.165) is 12.8 Å². The largest absolute Gasteiger partial charge is 0.401 e. The van der Waals surface area contributed by atoms with E-state index < -0.39 is 8.32 Å². The van der Waals surface area contributed by atoms with Crippen molar-refractivity contribution in [2.45, 2.75) is 76.6 Å². The highest BCUT2D eigenvalue weighted by Crippen LogP contribution is 2.42. The van der Waals surface area contributed by atoms with Gasteiger partial charge in [0.05, 0.1) is 0 Å². The van der Waals surface area contributed by atoms with E-state index in [9.17, 15) is 0 Å². The Hall–Kier alpha value is 0.217. The molecule has 0 aromatic carbocycles. The van der Waals surface area contributed by atoms with E-state index in [0.29, 0.717) is 0 Å². The van der Waals surface area contributed by atoms with Crippen molar-refractivity contribution < 1.29 is 4.43 Å². The maximum absolute atomic E-state index is 6.48. The van der Waals surface area contributed by atoms with Gasteiger partial charge < -0.3 is 4.43 Å². The van der Waals surface area contributed by atoms with Crippen LogP contribution in [0.1, 0.15) is 52.9 Å². The summed E-state index contributed by atoms with van der Waals surface area (Å²) < 4.78 is 6.48. The zero-order chi connectivity index (χ0) is 12.4. The molecule has 0 unspecified atom stereocenters. The molecule has 100 valence electrons. The molecule has 0 N–H and O–H groups in total. The second kappa shape index (κ2) is 5.91. The summed E-state index contributed by atoms with van der Waals surface area (Å²) in [6, 6.07) is 0. The van der Waals surface area contributed by atoms with Crippen molar-refractivity contribution in [3.8, 4) is 12.3 Å². The second-order valence-electron chi connectivity index (χ2n) is 6.56. The van der Waals surface area contributed by atoms with Gasteiger partial charge in [-0.3, -0.25) is 0 Å². The van der Waals surface area contributed by atoms with Crippen molar-refractivity contribution in [1.82, 2.24) is 0 Å². The van der Waals surface area contributed by atoms with Crippen LogP contribution in [0.25, 0.3) is 0 Å². The molecule has 0 aromatic heterocycles. The van der Waals surface area contributed by atoms with E-state index in [2.05, 4.69) is 39.8 Å². The van der Waals surface area contributed by atoms with Crippen molar-refractivity contribution in [2.75, 3.05) is 0 Å². The average molecular weight is 319 g/mol. The number of halogens is 1. The Morgan fingerprint density at radius 3 is 1.94 bits per heavy atom. The molecule has 0 aliphatic heterocycles. The smallest absolute Gasteiger partial charge is 0.194 e. The lowest BCUT2D eigenvalue weighted by atomic mass is 9.86. The zero-order valence-corrected chi connectivity index (χ0v) is 14.6. The molecule has 0 amide bonds. The Morgan fingerprint density at radius 1 is 1.12 bits per heavy atom. The monoisotopic (exact) mass is 318 g/mol. The average Bonchev–Trinajstić information content (AvgIpc) is 2.17. The van der Waals surface area contributed by atoms with Gasteiger partial charge in [-0.2, -0.15) is 0 Å². The Labute approximate surface area is 119 Å². The molecular formula is C14H27BrOSi. The molecule has 1 nitrogen and oxygen atoms in total. The van der Waals surface area contributed by atoms with Gasteiger partial charge in [0.15, 0.2) is 8.32 Å². The van der Waals surface area contributed by atoms with Gasteiger partial charge in [-0.15, -0.1) is 23.4 Å². The molecule has 3 heteroatoms. The Balaban J connectivity index is 0.00000256. The molecule has 0 spiro atoms. The van der Waals surface area contributed by atoms with Gasteiger partial charge in [-0.1, -0.05) is 33.1 Å². The fraction of sp³-hybridized carbons (Fsp3) is 0.857. The van der Waals surface area contributed by atoms with Gasteiger partial charge in [0.2, 0.25) is 0 Å². The summed E-state index contributed by atoms with van der Waals surface area (Å²) in [5, 5.41) is 0.244. The molecule has 1 saturated carbocycles. The van der Waals surface area contributed by atoms with Crippen LogP contribution in [0.2, 0.25) is 18.1 Å². The van der Waals surface area contributed by atoms with Gasteiger partial charge in [0, 0.05) is 0 Å². The molecule has 0 saturated heterocycles. The standard InChI is InChI=1S/C14H26OSi.BrH/c1-7-14(11-9-8-10-12-14)15-16(5,6)13(2,3)4;/h1H,8-12H2,2-6H3;1H. The van der Waals surface area contributed by atoms with Gasteiger partial charge >= 0.3 is 0 Å².